The Hall–Kier alpha value is -2.41. The van der Waals surface area contributed by atoms with Gasteiger partial charge in [0.05, 0.1) is 18.8 Å². The van der Waals surface area contributed by atoms with Crippen LogP contribution in [-0.2, 0) is 26.6 Å². The Morgan fingerprint density at radius 1 is 1.37 bits per heavy atom. The molecule has 0 radical (unpaired) electrons. The van der Waals surface area contributed by atoms with E-state index in [2.05, 4.69) is 34.6 Å². The summed E-state index contributed by atoms with van der Waals surface area (Å²) < 4.78 is 15.4. The van der Waals surface area contributed by atoms with E-state index in [1.807, 2.05) is 25.6 Å². The second kappa shape index (κ2) is 9.50. The SMILES string of the molecule is CCNC(=NCc1ccc(F)c(CO)c1)NC(C)Cc1c(C)nn(C)c1C. The van der Waals surface area contributed by atoms with Crippen LogP contribution in [0.5, 0.6) is 0 Å². The van der Waals surface area contributed by atoms with Crippen LogP contribution in [-0.4, -0.2) is 33.4 Å². The second-order valence-electron chi connectivity index (χ2n) is 6.80. The van der Waals surface area contributed by atoms with Crippen LogP contribution in [0.15, 0.2) is 23.2 Å². The van der Waals surface area contributed by atoms with Crippen LogP contribution in [0.25, 0.3) is 0 Å². The van der Waals surface area contributed by atoms with Crippen molar-refractivity contribution in [2.24, 2.45) is 12.0 Å². The lowest BCUT2D eigenvalue weighted by Crippen LogP contribution is -2.43. The Kier molecular flexibility index (Phi) is 7.36. The molecule has 0 aliphatic heterocycles. The van der Waals surface area contributed by atoms with Gasteiger partial charge < -0.3 is 15.7 Å². The molecule has 1 aromatic heterocycles. The summed E-state index contributed by atoms with van der Waals surface area (Å²) in [6.07, 6.45) is 0.848. The van der Waals surface area contributed by atoms with Gasteiger partial charge in [-0.3, -0.25) is 4.68 Å². The van der Waals surface area contributed by atoms with Gasteiger partial charge in [-0.15, -0.1) is 0 Å². The lowest BCUT2D eigenvalue weighted by molar-refractivity contribution is 0.275. The van der Waals surface area contributed by atoms with Crippen LogP contribution < -0.4 is 10.6 Å². The largest absolute Gasteiger partial charge is 0.392 e. The number of nitrogens with one attached hydrogen (secondary N) is 2. The van der Waals surface area contributed by atoms with Crippen LogP contribution in [0.2, 0.25) is 0 Å². The maximum absolute atomic E-state index is 13.5. The molecule has 0 fully saturated rings. The molecule has 148 valence electrons. The quantitative estimate of drug-likeness (QED) is 0.513. The number of hydrogen-bond donors (Lipinski definition) is 3. The number of aryl methyl sites for hydroxylation is 2. The van der Waals surface area contributed by atoms with Crippen LogP contribution in [0.1, 0.15) is 41.9 Å². The molecule has 0 saturated carbocycles. The molecule has 1 aromatic carbocycles. The molecule has 0 aliphatic carbocycles. The van der Waals surface area contributed by atoms with Crippen LogP contribution in [0.3, 0.4) is 0 Å². The van der Waals surface area contributed by atoms with Gasteiger partial charge in [0.15, 0.2) is 5.96 Å². The average Bonchev–Trinajstić information content (AvgIpc) is 2.87. The van der Waals surface area contributed by atoms with E-state index >= 15 is 0 Å². The minimum atomic E-state index is -0.397. The van der Waals surface area contributed by atoms with E-state index < -0.39 is 5.82 Å². The van der Waals surface area contributed by atoms with E-state index in [0.29, 0.717) is 12.5 Å². The molecule has 2 rings (SSSR count). The molecule has 6 nitrogen and oxygen atoms in total. The van der Waals surface area contributed by atoms with Gasteiger partial charge in [-0.05, 0) is 57.4 Å². The van der Waals surface area contributed by atoms with Gasteiger partial charge in [-0.25, -0.2) is 9.38 Å². The fraction of sp³-hybridized carbons (Fsp3) is 0.500. The Morgan fingerprint density at radius 3 is 2.70 bits per heavy atom. The number of aromatic nitrogens is 2. The van der Waals surface area contributed by atoms with Gasteiger partial charge in [0.1, 0.15) is 5.82 Å². The molecule has 0 bridgehead atoms. The van der Waals surface area contributed by atoms with Crippen LogP contribution in [0.4, 0.5) is 4.39 Å². The smallest absolute Gasteiger partial charge is 0.191 e. The number of aliphatic hydroxyl groups excluding tert-OH is 1. The predicted octanol–water partition coefficient (Wildman–Crippen LogP) is 2.35. The van der Waals surface area contributed by atoms with Crippen molar-refractivity contribution in [1.82, 2.24) is 20.4 Å². The molecule has 0 saturated heterocycles. The number of rotatable bonds is 7. The third-order valence-corrected chi connectivity index (χ3v) is 4.60. The maximum atomic E-state index is 13.5. The summed E-state index contributed by atoms with van der Waals surface area (Å²) >= 11 is 0. The van der Waals surface area contributed by atoms with Crippen molar-refractivity contribution >= 4 is 5.96 Å². The zero-order chi connectivity index (χ0) is 20.0. The molecule has 27 heavy (non-hydrogen) atoms. The van der Waals surface area contributed by atoms with Crippen LogP contribution in [0, 0.1) is 19.7 Å². The molecular weight excluding hydrogens is 345 g/mol. The summed E-state index contributed by atoms with van der Waals surface area (Å²) in [5.74, 6) is 0.310. The molecule has 1 unspecified atom stereocenters. The van der Waals surface area contributed by atoms with Crippen molar-refractivity contribution in [3.05, 3.63) is 52.1 Å². The first kappa shape index (κ1) is 20.9. The van der Waals surface area contributed by atoms with E-state index in [0.717, 1.165) is 24.2 Å². The first-order valence-corrected chi connectivity index (χ1v) is 9.27. The standard InChI is InChI=1S/C20H30FN5O/c1-6-22-20(23-11-16-7-8-19(21)17(10-16)12-27)24-13(2)9-18-14(3)25-26(5)15(18)4/h7-8,10,13,27H,6,9,11-12H2,1-5H3,(H2,22,23,24). The highest BCUT2D eigenvalue weighted by Gasteiger charge is 2.14. The molecule has 3 N–H and O–H groups in total. The fourth-order valence-electron chi connectivity index (χ4n) is 3.04. The Morgan fingerprint density at radius 2 is 2.11 bits per heavy atom. The van der Waals surface area contributed by atoms with Crippen molar-refractivity contribution in [3.63, 3.8) is 0 Å². The Labute approximate surface area is 160 Å². The van der Waals surface area contributed by atoms with E-state index in [1.54, 1.807) is 12.1 Å². The number of halogens is 1. The Balaban J connectivity index is 2.06. The van der Waals surface area contributed by atoms with Crippen molar-refractivity contribution in [2.75, 3.05) is 6.54 Å². The third kappa shape index (κ3) is 5.53. The zero-order valence-electron chi connectivity index (χ0n) is 16.8. The minimum absolute atomic E-state index is 0.172. The highest BCUT2D eigenvalue weighted by atomic mass is 19.1. The highest BCUT2D eigenvalue weighted by molar-refractivity contribution is 5.80. The molecule has 7 heteroatoms. The number of guanidine groups is 1. The minimum Gasteiger partial charge on any atom is -0.392 e. The normalized spacial score (nSPS) is 12.9. The molecule has 0 spiro atoms. The van der Waals surface area contributed by atoms with Gasteiger partial charge in [0, 0.05) is 30.9 Å². The summed E-state index contributed by atoms with van der Waals surface area (Å²) in [5, 5.41) is 20.3. The second-order valence-corrected chi connectivity index (χ2v) is 6.80. The summed E-state index contributed by atoms with van der Waals surface area (Å²) in [5.41, 5.74) is 4.61. The molecule has 2 aromatic rings. The van der Waals surface area contributed by atoms with Crippen molar-refractivity contribution < 1.29 is 9.50 Å². The predicted molar refractivity (Wildman–Crippen MR) is 106 cm³/mol. The number of hydrogen-bond acceptors (Lipinski definition) is 3. The maximum Gasteiger partial charge on any atom is 0.191 e. The number of benzene rings is 1. The topological polar surface area (TPSA) is 74.5 Å². The van der Waals surface area contributed by atoms with E-state index in [1.165, 1.54) is 17.3 Å². The van der Waals surface area contributed by atoms with Gasteiger partial charge in [-0.1, -0.05) is 6.07 Å². The van der Waals surface area contributed by atoms with Crippen molar-refractivity contribution in [1.29, 1.82) is 0 Å². The third-order valence-electron chi connectivity index (χ3n) is 4.60. The van der Waals surface area contributed by atoms with Crippen molar-refractivity contribution in [3.8, 4) is 0 Å². The lowest BCUT2D eigenvalue weighted by atomic mass is 10.1. The van der Waals surface area contributed by atoms with E-state index in [4.69, 9.17) is 0 Å². The number of aliphatic imine (C=N–C) groups is 1. The monoisotopic (exact) mass is 375 g/mol. The molecular formula is C20H30FN5O. The average molecular weight is 375 g/mol. The summed E-state index contributed by atoms with van der Waals surface area (Å²) in [4.78, 5) is 4.59. The lowest BCUT2D eigenvalue weighted by Gasteiger charge is -2.18. The molecule has 1 atom stereocenters. The Bertz CT molecular complexity index is 800. The molecule has 0 aliphatic rings. The first-order chi connectivity index (χ1) is 12.8. The summed E-state index contributed by atoms with van der Waals surface area (Å²) in [6.45, 7) is 9.06. The van der Waals surface area contributed by atoms with Crippen molar-refractivity contribution in [2.45, 2.75) is 53.3 Å². The number of aliphatic hydroxyl groups is 1. The summed E-state index contributed by atoms with van der Waals surface area (Å²) in [7, 11) is 1.96. The number of nitrogens with zero attached hydrogens (tertiary/aromatic N) is 3. The van der Waals surface area contributed by atoms with Gasteiger partial charge in [0.2, 0.25) is 0 Å². The van der Waals surface area contributed by atoms with Gasteiger partial charge in [-0.2, -0.15) is 5.10 Å². The fourth-order valence-corrected chi connectivity index (χ4v) is 3.04. The van der Waals surface area contributed by atoms with Gasteiger partial charge >= 0.3 is 0 Å². The van der Waals surface area contributed by atoms with E-state index in [-0.39, 0.29) is 18.2 Å². The first-order valence-electron chi connectivity index (χ1n) is 9.27. The molecule has 0 amide bonds. The summed E-state index contributed by atoms with van der Waals surface area (Å²) in [6, 6.07) is 4.88. The van der Waals surface area contributed by atoms with E-state index in [9.17, 15) is 9.50 Å². The van der Waals surface area contributed by atoms with Crippen LogP contribution >= 0.6 is 0 Å². The molecule has 1 heterocycles. The zero-order valence-corrected chi connectivity index (χ0v) is 16.8. The van der Waals surface area contributed by atoms with Gasteiger partial charge in [0.25, 0.3) is 0 Å². The highest BCUT2D eigenvalue weighted by Crippen LogP contribution is 2.14.